The molecule has 1 fully saturated rings. The molecule has 1 saturated heterocycles. The number of carbonyl (C=O) groups is 2. The van der Waals surface area contributed by atoms with E-state index in [1.54, 1.807) is 24.3 Å². The second-order valence-electron chi connectivity index (χ2n) is 7.70. The molecule has 34 heavy (non-hydrogen) atoms. The first-order chi connectivity index (χ1) is 16.4. The molecule has 0 aromatic heterocycles. The summed E-state index contributed by atoms with van der Waals surface area (Å²) in [6.07, 6.45) is 0.440. The molecule has 4 rings (SSSR count). The van der Waals surface area contributed by atoms with Crippen LogP contribution in [0.2, 0.25) is 5.02 Å². The molecule has 1 aliphatic heterocycles. The number of thioether (sulfide) groups is 1. The monoisotopic (exact) mass is 491 g/mol. The Labute approximate surface area is 205 Å². The summed E-state index contributed by atoms with van der Waals surface area (Å²) in [5.74, 6) is -1.36. The molecule has 2 amide bonds. The minimum Gasteiger partial charge on any atom is -0.321 e. The second kappa shape index (κ2) is 10.1. The zero-order valence-corrected chi connectivity index (χ0v) is 19.7. The molecule has 3 aromatic carbocycles. The molecule has 0 spiro atoms. The van der Waals surface area contributed by atoms with Crippen molar-refractivity contribution in [2.24, 2.45) is 0 Å². The van der Waals surface area contributed by atoms with Gasteiger partial charge in [-0.15, -0.1) is 0 Å². The van der Waals surface area contributed by atoms with Crippen molar-refractivity contribution >= 4 is 46.6 Å². The Bertz CT molecular complexity index is 1300. The quantitative estimate of drug-likeness (QED) is 0.359. The summed E-state index contributed by atoms with van der Waals surface area (Å²) in [5.41, 5.74) is 2.72. The van der Waals surface area contributed by atoms with Crippen molar-refractivity contribution in [1.82, 2.24) is 0 Å². The summed E-state index contributed by atoms with van der Waals surface area (Å²) in [6, 6.07) is 21.7. The average molecular weight is 492 g/mol. The van der Waals surface area contributed by atoms with Gasteiger partial charge in [-0.25, -0.2) is 4.39 Å². The van der Waals surface area contributed by atoms with E-state index in [1.165, 1.54) is 40.9 Å². The summed E-state index contributed by atoms with van der Waals surface area (Å²) in [5, 5.41) is 12.7. The zero-order chi connectivity index (χ0) is 24.2. The normalized spacial score (nSPS) is 16.8. The molecule has 1 heterocycles. The van der Waals surface area contributed by atoms with Crippen molar-refractivity contribution in [2.75, 3.05) is 10.2 Å². The second-order valence-corrected chi connectivity index (χ2v) is 9.33. The van der Waals surface area contributed by atoms with Crippen molar-refractivity contribution in [1.29, 1.82) is 5.26 Å². The molecule has 1 N–H and O–H groups in total. The van der Waals surface area contributed by atoms with E-state index in [4.69, 9.17) is 11.6 Å². The number of hydrogen-bond donors (Lipinski definition) is 1. The SMILES string of the molecule is Cc1ccc(C[C@@H]2S/C(=C(\C#N)C(=O)Nc3ccc(F)cc3)N(c3ccc(Cl)cc3)C2=O)cc1. The number of hydrogen-bond acceptors (Lipinski definition) is 4. The maximum absolute atomic E-state index is 13.5. The summed E-state index contributed by atoms with van der Waals surface area (Å²) in [4.78, 5) is 27.9. The van der Waals surface area contributed by atoms with Crippen molar-refractivity contribution in [3.8, 4) is 6.07 Å². The minimum atomic E-state index is -0.681. The molecule has 0 aliphatic carbocycles. The van der Waals surface area contributed by atoms with Gasteiger partial charge in [-0.05, 0) is 67.4 Å². The average Bonchev–Trinajstić information content (AvgIpc) is 3.13. The summed E-state index contributed by atoms with van der Waals surface area (Å²) < 4.78 is 13.2. The van der Waals surface area contributed by atoms with Gasteiger partial charge in [-0.1, -0.05) is 53.2 Å². The first-order valence-corrected chi connectivity index (χ1v) is 11.6. The Balaban J connectivity index is 1.71. The van der Waals surface area contributed by atoms with Gasteiger partial charge in [-0.2, -0.15) is 5.26 Å². The third-order valence-corrected chi connectivity index (χ3v) is 6.75. The molecular weight excluding hydrogens is 473 g/mol. The molecule has 0 radical (unpaired) electrons. The standard InChI is InChI=1S/C26H19ClFN3O2S/c1-16-2-4-17(5-3-16)14-23-25(33)31(21-12-6-18(27)7-13-21)26(34-23)22(15-29)24(32)30-20-10-8-19(28)9-11-20/h2-13,23H,14H2,1H3,(H,30,32)/b26-22+/t23-/m0/s1. The molecular formula is C26H19ClFN3O2S. The van der Waals surface area contributed by atoms with E-state index in [-0.39, 0.29) is 16.5 Å². The van der Waals surface area contributed by atoms with Crippen molar-refractivity contribution in [2.45, 2.75) is 18.6 Å². The number of halogens is 2. The van der Waals surface area contributed by atoms with Crippen LogP contribution in [0.1, 0.15) is 11.1 Å². The number of carbonyl (C=O) groups excluding carboxylic acids is 2. The predicted octanol–water partition coefficient (Wildman–Crippen LogP) is 5.85. The number of rotatable bonds is 5. The van der Waals surface area contributed by atoms with E-state index in [1.807, 2.05) is 37.3 Å². The Morgan fingerprint density at radius 2 is 1.74 bits per heavy atom. The first-order valence-electron chi connectivity index (χ1n) is 10.4. The van der Waals surface area contributed by atoms with Crippen LogP contribution in [-0.4, -0.2) is 17.1 Å². The third-order valence-electron chi connectivity index (χ3n) is 5.23. The van der Waals surface area contributed by atoms with Crippen LogP contribution < -0.4 is 10.2 Å². The highest BCUT2D eigenvalue weighted by atomic mass is 35.5. The summed E-state index contributed by atoms with van der Waals surface area (Å²) in [7, 11) is 0. The van der Waals surface area contributed by atoms with E-state index in [2.05, 4.69) is 5.32 Å². The van der Waals surface area contributed by atoms with Crippen LogP contribution in [0, 0.1) is 24.1 Å². The number of nitrogens with zero attached hydrogens (tertiary/aromatic N) is 2. The maximum Gasteiger partial charge on any atom is 0.269 e. The number of aryl methyl sites for hydroxylation is 1. The number of amides is 2. The van der Waals surface area contributed by atoms with Crippen LogP contribution in [0.25, 0.3) is 0 Å². The lowest BCUT2D eigenvalue weighted by atomic mass is 10.1. The molecule has 0 unspecified atom stereocenters. The molecule has 1 atom stereocenters. The smallest absolute Gasteiger partial charge is 0.269 e. The van der Waals surface area contributed by atoms with Gasteiger partial charge in [0.05, 0.1) is 5.25 Å². The minimum absolute atomic E-state index is 0.205. The Hall–Kier alpha value is -3.60. The van der Waals surface area contributed by atoms with E-state index in [9.17, 15) is 19.2 Å². The van der Waals surface area contributed by atoms with Crippen molar-refractivity contribution < 1.29 is 14.0 Å². The van der Waals surface area contributed by atoms with E-state index in [0.717, 1.165) is 11.1 Å². The highest BCUT2D eigenvalue weighted by Crippen LogP contribution is 2.42. The van der Waals surface area contributed by atoms with Crippen molar-refractivity contribution in [3.05, 3.63) is 105 Å². The number of nitrogens with one attached hydrogen (secondary N) is 1. The van der Waals surface area contributed by atoms with E-state index < -0.39 is 17.0 Å². The Morgan fingerprint density at radius 1 is 1.09 bits per heavy atom. The molecule has 1 aliphatic rings. The number of anilines is 2. The molecule has 5 nitrogen and oxygen atoms in total. The van der Waals surface area contributed by atoms with Crippen LogP contribution in [0.15, 0.2) is 83.4 Å². The van der Waals surface area contributed by atoms with Crippen molar-refractivity contribution in [3.63, 3.8) is 0 Å². The van der Waals surface area contributed by atoms with Crippen LogP contribution in [0.5, 0.6) is 0 Å². The topological polar surface area (TPSA) is 73.2 Å². The van der Waals surface area contributed by atoms with Gasteiger partial charge >= 0.3 is 0 Å². The van der Waals surface area contributed by atoms with E-state index >= 15 is 0 Å². The lowest BCUT2D eigenvalue weighted by molar-refractivity contribution is -0.117. The summed E-state index contributed by atoms with van der Waals surface area (Å²) in [6.45, 7) is 1.99. The van der Waals surface area contributed by atoms with Crippen LogP contribution in [0.4, 0.5) is 15.8 Å². The van der Waals surface area contributed by atoms with Gasteiger partial charge < -0.3 is 5.32 Å². The fourth-order valence-electron chi connectivity index (χ4n) is 3.48. The van der Waals surface area contributed by atoms with Gasteiger partial charge in [0.1, 0.15) is 22.5 Å². The van der Waals surface area contributed by atoms with Crippen LogP contribution in [-0.2, 0) is 16.0 Å². The van der Waals surface area contributed by atoms with Gasteiger partial charge in [0.25, 0.3) is 5.91 Å². The predicted molar refractivity (Wildman–Crippen MR) is 133 cm³/mol. The maximum atomic E-state index is 13.5. The molecule has 0 saturated carbocycles. The van der Waals surface area contributed by atoms with Gasteiger partial charge in [0.2, 0.25) is 5.91 Å². The van der Waals surface area contributed by atoms with Gasteiger partial charge in [0.15, 0.2) is 0 Å². The highest BCUT2D eigenvalue weighted by molar-refractivity contribution is 8.05. The van der Waals surface area contributed by atoms with Gasteiger partial charge in [0, 0.05) is 16.4 Å². The summed E-state index contributed by atoms with van der Waals surface area (Å²) >= 11 is 7.20. The van der Waals surface area contributed by atoms with Gasteiger partial charge in [-0.3, -0.25) is 14.5 Å². The molecule has 170 valence electrons. The molecule has 3 aromatic rings. The zero-order valence-electron chi connectivity index (χ0n) is 18.1. The molecule has 0 bridgehead atoms. The fourth-order valence-corrected chi connectivity index (χ4v) is 4.91. The first kappa shape index (κ1) is 23.6. The number of nitriles is 1. The molecule has 8 heteroatoms. The lowest BCUT2D eigenvalue weighted by Gasteiger charge is -2.19. The van der Waals surface area contributed by atoms with E-state index in [0.29, 0.717) is 22.8 Å². The largest absolute Gasteiger partial charge is 0.321 e. The lowest BCUT2D eigenvalue weighted by Crippen LogP contribution is -2.30. The number of benzene rings is 3. The Morgan fingerprint density at radius 3 is 2.35 bits per heavy atom. The van der Waals surface area contributed by atoms with Crippen LogP contribution in [0.3, 0.4) is 0 Å². The fraction of sp³-hybridized carbons (Fsp3) is 0.115. The highest BCUT2D eigenvalue weighted by Gasteiger charge is 2.40. The van der Waals surface area contributed by atoms with Crippen LogP contribution >= 0.6 is 23.4 Å². The third kappa shape index (κ3) is 5.14. The Kier molecular flexibility index (Phi) is 7.01.